The van der Waals surface area contributed by atoms with Gasteiger partial charge in [0.2, 0.25) is 5.91 Å². The third-order valence-electron chi connectivity index (χ3n) is 6.65. The number of fused-ring (bicyclic) bond motifs is 1. The molecule has 47 heavy (non-hydrogen) atoms. The molecule has 12 nitrogen and oxygen atoms in total. The number of hydrogen-bond acceptors (Lipinski definition) is 9. The van der Waals surface area contributed by atoms with E-state index in [1.807, 2.05) is 42.2 Å². The number of sulfone groups is 1. The van der Waals surface area contributed by atoms with Crippen LogP contribution in [0.4, 0.5) is 26.3 Å². The highest BCUT2D eigenvalue weighted by atomic mass is 32.2. The summed E-state index contributed by atoms with van der Waals surface area (Å²) < 4.78 is 95.4. The summed E-state index contributed by atoms with van der Waals surface area (Å²) in [6.07, 6.45) is -9.67. The Morgan fingerprint density at radius 2 is 1.51 bits per heavy atom. The van der Waals surface area contributed by atoms with Crippen molar-refractivity contribution in [3.63, 3.8) is 0 Å². The van der Waals surface area contributed by atoms with E-state index >= 15 is 0 Å². The van der Waals surface area contributed by atoms with Crippen LogP contribution in [-0.4, -0.2) is 89.3 Å². The van der Waals surface area contributed by atoms with Gasteiger partial charge in [-0.2, -0.15) is 26.3 Å². The number of carbonyl (C=O) groups excluding carboxylic acids is 1. The Balaban J connectivity index is 0.000000459. The highest BCUT2D eigenvalue weighted by Gasteiger charge is 2.40. The van der Waals surface area contributed by atoms with Crippen molar-refractivity contribution in [2.24, 2.45) is 5.92 Å². The second-order valence-electron chi connectivity index (χ2n) is 10.0. The van der Waals surface area contributed by atoms with Crippen LogP contribution in [0.5, 0.6) is 5.75 Å². The second kappa shape index (κ2) is 15.9. The van der Waals surface area contributed by atoms with Crippen molar-refractivity contribution in [1.82, 2.24) is 15.4 Å². The van der Waals surface area contributed by atoms with Crippen molar-refractivity contribution >= 4 is 38.6 Å². The predicted molar refractivity (Wildman–Crippen MR) is 151 cm³/mol. The summed E-state index contributed by atoms with van der Waals surface area (Å²) in [6, 6.07) is 15.7. The van der Waals surface area contributed by atoms with Gasteiger partial charge in [0, 0.05) is 22.7 Å². The molecule has 2 aromatic carbocycles. The molecule has 4 N–H and O–H groups in total. The number of hydroxylamine groups is 1. The third kappa shape index (κ3) is 11.4. The summed E-state index contributed by atoms with van der Waals surface area (Å²) in [5.74, 6) is -6.29. The van der Waals surface area contributed by atoms with Crippen molar-refractivity contribution in [1.29, 1.82) is 0 Å². The zero-order chi connectivity index (χ0) is 35.7. The van der Waals surface area contributed by atoms with Crippen molar-refractivity contribution in [3.05, 3.63) is 65.9 Å². The molecule has 0 spiro atoms. The first-order valence-electron chi connectivity index (χ1n) is 13.2. The largest absolute Gasteiger partial charge is 0.490 e. The Morgan fingerprint density at radius 1 is 0.979 bits per heavy atom. The molecule has 1 fully saturated rings. The van der Waals surface area contributed by atoms with Crippen LogP contribution in [0.3, 0.4) is 0 Å². The number of ether oxygens (including phenoxy) is 1. The number of pyridine rings is 1. The summed E-state index contributed by atoms with van der Waals surface area (Å²) in [7, 11) is -1.85. The van der Waals surface area contributed by atoms with Crippen LogP contribution in [0.1, 0.15) is 17.7 Å². The number of aromatic nitrogens is 1. The van der Waals surface area contributed by atoms with Crippen molar-refractivity contribution in [3.8, 4) is 5.75 Å². The highest BCUT2D eigenvalue weighted by molar-refractivity contribution is 7.91. The molecule has 0 unspecified atom stereocenters. The number of hydrogen-bond donors (Lipinski definition) is 4. The van der Waals surface area contributed by atoms with Gasteiger partial charge in [-0.3, -0.25) is 15.0 Å². The number of rotatable bonds is 7. The summed E-state index contributed by atoms with van der Waals surface area (Å²) in [5.41, 5.74) is 4.47. The van der Waals surface area contributed by atoms with Crippen LogP contribution in [0.15, 0.2) is 59.5 Å². The molecule has 0 radical (unpaired) electrons. The average molecular weight is 698 g/mol. The standard InChI is InChI=1S/C24H27N3O5S.2C2HF3O2/c1-16-13-17(20-5-3-4-6-22(20)25-16)14-32-18-7-9-19(10-8-18)33(30,31)15-23-21(24(28)26-29)11-12-27(23)2;2*3-2(4,5)1(6)7/h3-10,13,21,23,29H,11-12,14-15H2,1-2H3,(H,26,28);2*(H,6,7)/t21-,23-;;/m0../s1. The number of aliphatic carboxylic acids is 2. The molecule has 1 aliphatic heterocycles. The second-order valence-corrected chi connectivity index (χ2v) is 12.0. The Labute approximate surface area is 263 Å². The average Bonchev–Trinajstić information content (AvgIpc) is 3.34. The molecular weight excluding hydrogens is 668 g/mol. The van der Waals surface area contributed by atoms with Crippen molar-refractivity contribution in [2.45, 2.75) is 43.2 Å². The Bertz CT molecular complexity index is 1640. The van der Waals surface area contributed by atoms with E-state index in [4.69, 9.17) is 29.7 Å². The van der Waals surface area contributed by atoms with E-state index in [0.29, 0.717) is 25.3 Å². The van der Waals surface area contributed by atoms with Gasteiger partial charge in [-0.15, -0.1) is 0 Å². The van der Waals surface area contributed by atoms with Gasteiger partial charge in [0.25, 0.3) is 0 Å². The molecular formula is C28H29F6N3O9S. The first-order chi connectivity index (χ1) is 21.7. The van der Waals surface area contributed by atoms with Crippen LogP contribution in [-0.2, 0) is 30.8 Å². The first kappa shape index (κ1) is 38.7. The monoisotopic (exact) mass is 697 g/mol. The number of aryl methyl sites for hydroxylation is 1. The lowest BCUT2D eigenvalue weighted by molar-refractivity contribution is -0.193. The molecule has 4 rings (SSSR count). The first-order valence-corrected chi connectivity index (χ1v) is 14.9. The fourth-order valence-corrected chi connectivity index (χ4v) is 6.06. The van der Waals surface area contributed by atoms with Crippen LogP contribution in [0.2, 0.25) is 0 Å². The van der Waals surface area contributed by atoms with Gasteiger partial charge >= 0.3 is 24.3 Å². The van der Waals surface area contributed by atoms with Crippen LogP contribution in [0.25, 0.3) is 10.9 Å². The minimum Gasteiger partial charge on any atom is -0.489 e. The fraction of sp³-hybridized carbons (Fsp3) is 0.357. The van der Waals surface area contributed by atoms with Gasteiger partial charge in [0.1, 0.15) is 12.4 Å². The fourth-order valence-electron chi connectivity index (χ4n) is 4.38. The zero-order valence-corrected chi connectivity index (χ0v) is 25.4. The highest BCUT2D eigenvalue weighted by Crippen LogP contribution is 2.28. The number of benzene rings is 2. The number of para-hydroxylation sites is 1. The van der Waals surface area contributed by atoms with E-state index in [-0.39, 0.29) is 10.6 Å². The molecule has 0 bridgehead atoms. The molecule has 2 heterocycles. The van der Waals surface area contributed by atoms with Gasteiger partial charge in [0.15, 0.2) is 9.84 Å². The predicted octanol–water partition coefficient (Wildman–Crippen LogP) is 3.99. The van der Waals surface area contributed by atoms with E-state index in [2.05, 4.69) is 4.98 Å². The SMILES string of the molecule is Cc1cc(COc2ccc(S(=O)(=O)C[C@H]3[C@@H](C(=O)NO)CCN3C)cc2)c2ccccc2n1.O=C(O)C(F)(F)F.O=C(O)C(F)(F)F. The molecule has 1 aliphatic rings. The number of alkyl halides is 6. The van der Waals surface area contributed by atoms with Crippen LogP contribution >= 0.6 is 0 Å². The number of amides is 1. The topological polar surface area (TPSA) is 183 Å². The lowest BCUT2D eigenvalue weighted by Gasteiger charge is -2.23. The van der Waals surface area contributed by atoms with Crippen molar-refractivity contribution < 1.29 is 69.3 Å². The molecule has 1 amide bonds. The minimum atomic E-state index is -5.08. The maximum atomic E-state index is 13.0. The Hall–Kier alpha value is -4.49. The van der Waals surface area contributed by atoms with Crippen LogP contribution < -0.4 is 10.2 Å². The Kier molecular flexibility index (Phi) is 13.1. The zero-order valence-electron chi connectivity index (χ0n) is 24.5. The third-order valence-corrected chi connectivity index (χ3v) is 8.42. The quantitative estimate of drug-likeness (QED) is 0.159. The number of carboxylic acids is 2. The van der Waals surface area contributed by atoms with E-state index in [1.54, 1.807) is 24.7 Å². The number of carbonyl (C=O) groups is 3. The lowest BCUT2D eigenvalue weighted by Crippen LogP contribution is -2.42. The summed E-state index contributed by atoms with van der Waals surface area (Å²) >= 11 is 0. The van der Waals surface area contributed by atoms with E-state index in [0.717, 1.165) is 22.2 Å². The normalized spacial score (nSPS) is 16.7. The molecule has 19 heteroatoms. The van der Waals surface area contributed by atoms with Gasteiger partial charge < -0.3 is 19.8 Å². The lowest BCUT2D eigenvalue weighted by atomic mass is 10.0. The van der Waals surface area contributed by atoms with E-state index in [9.17, 15) is 39.6 Å². The number of carboxylic acid groups (broad SMARTS) is 2. The number of halogens is 6. The smallest absolute Gasteiger partial charge is 0.489 e. The number of nitrogens with one attached hydrogen (secondary N) is 1. The van der Waals surface area contributed by atoms with E-state index < -0.39 is 52.0 Å². The van der Waals surface area contributed by atoms with Gasteiger partial charge in [0.05, 0.1) is 22.1 Å². The van der Waals surface area contributed by atoms with Gasteiger partial charge in [-0.05, 0) is 63.3 Å². The summed E-state index contributed by atoms with van der Waals surface area (Å²) in [4.78, 5) is 36.3. The molecule has 2 atom stereocenters. The van der Waals surface area contributed by atoms with Gasteiger partial charge in [-0.1, -0.05) is 18.2 Å². The molecule has 258 valence electrons. The minimum absolute atomic E-state index is 0.170. The van der Waals surface area contributed by atoms with E-state index in [1.165, 1.54) is 12.1 Å². The summed E-state index contributed by atoms with van der Waals surface area (Å²) in [5, 5.41) is 24.2. The number of likely N-dealkylation sites (tertiary alicyclic amines) is 1. The molecule has 1 aromatic heterocycles. The maximum absolute atomic E-state index is 13.0. The number of nitrogens with zero attached hydrogens (tertiary/aromatic N) is 2. The summed E-state index contributed by atoms with van der Waals surface area (Å²) in [6.45, 7) is 2.86. The molecule has 0 saturated carbocycles. The maximum Gasteiger partial charge on any atom is 0.490 e. The Morgan fingerprint density at radius 3 is 2.02 bits per heavy atom. The van der Waals surface area contributed by atoms with Crippen LogP contribution in [0, 0.1) is 12.8 Å². The van der Waals surface area contributed by atoms with Gasteiger partial charge in [-0.25, -0.2) is 23.5 Å². The molecule has 3 aromatic rings. The molecule has 1 saturated heterocycles. The molecule has 0 aliphatic carbocycles. The van der Waals surface area contributed by atoms with Crippen molar-refractivity contribution in [2.75, 3.05) is 19.3 Å².